The molecule has 1 N–H and O–H groups in total. The first-order valence-corrected chi connectivity index (χ1v) is 7.14. The Balaban J connectivity index is 0.00000208. The molecule has 0 aromatic heterocycles. The molecular formula is C17H17ClN3O3-. The lowest BCUT2D eigenvalue weighted by Gasteiger charge is -2.20. The molecule has 0 unspecified atom stereocenters. The number of halogens is 1. The normalized spacial score (nSPS) is 13.2. The van der Waals surface area contributed by atoms with E-state index < -0.39 is 0 Å². The number of amides is 1. The number of guanidine groups is 1. The number of nitrogens with one attached hydrogen (secondary N) is 1. The van der Waals surface area contributed by atoms with E-state index in [-0.39, 0.29) is 24.9 Å². The van der Waals surface area contributed by atoms with Gasteiger partial charge in [0.15, 0.2) is 0 Å². The van der Waals surface area contributed by atoms with Crippen LogP contribution in [0.5, 0.6) is 11.5 Å². The summed E-state index contributed by atoms with van der Waals surface area (Å²) in [7, 11) is 3.18. The molecule has 2 aromatic rings. The highest BCUT2D eigenvalue weighted by atomic mass is 35.5. The number of nitrogens with zero attached hydrogens (tertiary/aromatic N) is 2. The molecule has 7 heteroatoms. The summed E-state index contributed by atoms with van der Waals surface area (Å²) in [6, 6.07) is 14.8. The average molecular weight is 347 g/mol. The van der Waals surface area contributed by atoms with Gasteiger partial charge in [-0.05, 0) is 24.3 Å². The minimum Gasteiger partial charge on any atom is -1.00 e. The second kappa shape index (κ2) is 7.70. The molecule has 0 atom stereocenters. The Morgan fingerprint density at radius 1 is 1.08 bits per heavy atom. The van der Waals surface area contributed by atoms with Gasteiger partial charge in [-0.1, -0.05) is 18.2 Å². The number of aliphatic imine (C=N–C) groups is 1. The van der Waals surface area contributed by atoms with E-state index in [1.165, 1.54) is 0 Å². The molecule has 0 saturated heterocycles. The van der Waals surface area contributed by atoms with Crippen molar-refractivity contribution in [3.8, 4) is 11.5 Å². The van der Waals surface area contributed by atoms with Crippen molar-refractivity contribution < 1.29 is 26.7 Å². The summed E-state index contributed by atoms with van der Waals surface area (Å²) in [6.07, 6.45) is 0. The molecule has 126 valence electrons. The van der Waals surface area contributed by atoms with Crippen LogP contribution in [0.25, 0.3) is 0 Å². The summed E-state index contributed by atoms with van der Waals surface area (Å²) in [4.78, 5) is 18.0. The van der Waals surface area contributed by atoms with Crippen LogP contribution in [0.1, 0.15) is 0 Å². The Labute approximate surface area is 146 Å². The summed E-state index contributed by atoms with van der Waals surface area (Å²) in [5, 5.41) is 3.17. The van der Waals surface area contributed by atoms with Crippen LogP contribution in [0.3, 0.4) is 0 Å². The number of ether oxygens (including phenoxy) is 2. The third kappa shape index (κ3) is 3.44. The SMILES string of the molecule is COc1ccc(NC2=NCC(=O)N2c2ccccc2)c(OC)c1.[Cl-]. The maximum Gasteiger partial charge on any atom is 0.255 e. The number of hydrogen-bond acceptors (Lipinski definition) is 5. The predicted molar refractivity (Wildman–Crippen MR) is 89.4 cm³/mol. The topological polar surface area (TPSA) is 63.2 Å². The van der Waals surface area contributed by atoms with Crippen molar-refractivity contribution in [3.05, 3.63) is 48.5 Å². The molecule has 0 spiro atoms. The molecule has 2 aromatic carbocycles. The number of anilines is 2. The zero-order valence-corrected chi connectivity index (χ0v) is 14.1. The van der Waals surface area contributed by atoms with Gasteiger partial charge in [-0.15, -0.1) is 0 Å². The smallest absolute Gasteiger partial charge is 0.255 e. The van der Waals surface area contributed by atoms with Crippen LogP contribution < -0.4 is 32.1 Å². The van der Waals surface area contributed by atoms with Gasteiger partial charge in [-0.25, -0.2) is 9.89 Å². The van der Waals surface area contributed by atoms with Gasteiger partial charge in [0, 0.05) is 6.07 Å². The lowest BCUT2D eigenvalue weighted by molar-refractivity contribution is -0.115. The van der Waals surface area contributed by atoms with Crippen LogP contribution in [0, 0.1) is 0 Å². The summed E-state index contributed by atoms with van der Waals surface area (Å²) in [5.74, 6) is 1.70. The molecule has 1 heterocycles. The van der Waals surface area contributed by atoms with Crippen molar-refractivity contribution in [2.24, 2.45) is 4.99 Å². The van der Waals surface area contributed by atoms with E-state index in [1.807, 2.05) is 42.5 Å². The van der Waals surface area contributed by atoms with Crippen LogP contribution in [0.2, 0.25) is 0 Å². The fourth-order valence-electron chi connectivity index (χ4n) is 2.36. The highest BCUT2D eigenvalue weighted by Gasteiger charge is 2.27. The van der Waals surface area contributed by atoms with Crippen molar-refractivity contribution >= 4 is 23.2 Å². The molecule has 6 nitrogen and oxygen atoms in total. The third-order valence-electron chi connectivity index (χ3n) is 3.49. The Kier molecular flexibility index (Phi) is 5.65. The minimum atomic E-state index is -0.0776. The van der Waals surface area contributed by atoms with Crippen LogP contribution in [-0.2, 0) is 4.79 Å². The van der Waals surface area contributed by atoms with Crippen molar-refractivity contribution in [1.29, 1.82) is 0 Å². The van der Waals surface area contributed by atoms with E-state index >= 15 is 0 Å². The van der Waals surface area contributed by atoms with E-state index in [2.05, 4.69) is 10.3 Å². The zero-order chi connectivity index (χ0) is 16.2. The number of carbonyl (C=O) groups is 1. The monoisotopic (exact) mass is 346 g/mol. The maximum absolute atomic E-state index is 12.2. The highest BCUT2D eigenvalue weighted by Crippen LogP contribution is 2.30. The first kappa shape index (κ1) is 17.6. The second-order valence-corrected chi connectivity index (χ2v) is 4.90. The van der Waals surface area contributed by atoms with Crippen molar-refractivity contribution in [1.82, 2.24) is 0 Å². The molecule has 1 amide bonds. The van der Waals surface area contributed by atoms with Gasteiger partial charge in [0.25, 0.3) is 5.91 Å². The van der Waals surface area contributed by atoms with Crippen LogP contribution in [-0.4, -0.2) is 32.6 Å². The molecule has 0 radical (unpaired) electrons. The lowest BCUT2D eigenvalue weighted by atomic mass is 10.2. The molecule has 1 aliphatic heterocycles. The fraction of sp³-hybridized carbons (Fsp3) is 0.176. The van der Waals surface area contributed by atoms with E-state index in [4.69, 9.17) is 9.47 Å². The molecule has 0 fully saturated rings. The van der Waals surface area contributed by atoms with Gasteiger partial charge in [0.2, 0.25) is 5.96 Å². The van der Waals surface area contributed by atoms with Crippen molar-refractivity contribution in [3.63, 3.8) is 0 Å². The zero-order valence-electron chi connectivity index (χ0n) is 13.3. The average Bonchev–Trinajstić information content (AvgIpc) is 2.96. The summed E-state index contributed by atoms with van der Waals surface area (Å²) >= 11 is 0. The minimum absolute atomic E-state index is 0. The Morgan fingerprint density at radius 2 is 1.83 bits per heavy atom. The molecule has 0 bridgehead atoms. The predicted octanol–water partition coefficient (Wildman–Crippen LogP) is -0.477. The quantitative estimate of drug-likeness (QED) is 0.812. The first-order chi connectivity index (χ1) is 11.2. The molecule has 24 heavy (non-hydrogen) atoms. The van der Waals surface area contributed by atoms with Crippen molar-refractivity contribution in [2.45, 2.75) is 0 Å². The number of rotatable bonds is 4. The van der Waals surface area contributed by atoms with E-state index in [0.717, 1.165) is 5.69 Å². The Bertz CT molecular complexity index is 750. The molecule has 3 rings (SSSR count). The van der Waals surface area contributed by atoms with E-state index in [0.29, 0.717) is 23.1 Å². The number of carbonyl (C=O) groups excluding carboxylic acids is 1. The second-order valence-electron chi connectivity index (χ2n) is 4.90. The third-order valence-corrected chi connectivity index (χ3v) is 3.49. The molecule has 1 aliphatic rings. The van der Waals surface area contributed by atoms with Crippen molar-refractivity contribution in [2.75, 3.05) is 31.0 Å². The number of benzene rings is 2. The van der Waals surface area contributed by atoms with Gasteiger partial charge >= 0.3 is 0 Å². The summed E-state index contributed by atoms with van der Waals surface area (Å²) in [6.45, 7) is 0.121. The van der Waals surface area contributed by atoms with Gasteiger partial charge in [0.1, 0.15) is 18.0 Å². The van der Waals surface area contributed by atoms with Gasteiger partial charge < -0.3 is 27.2 Å². The maximum atomic E-state index is 12.2. The molecule has 0 saturated carbocycles. The highest BCUT2D eigenvalue weighted by molar-refractivity contribution is 6.24. The lowest BCUT2D eigenvalue weighted by Crippen LogP contribution is -3.00. The van der Waals surface area contributed by atoms with Crippen LogP contribution in [0.4, 0.5) is 11.4 Å². The van der Waals surface area contributed by atoms with Crippen LogP contribution in [0.15, 0.2) is 53.5 Å². The number of hydrogen-bond donors (Lipinski definition) is 1. The Hall–Kier alpha value is -2.73. The molecule has 0 aliphatic carbocycles. The number of methoxy groups -OCH3 is 2. The fourth-order valence-corrected chi connectivity index (χ4v) is 2.36. The number of para-hydroxylation sites is 1. The summed E-state index contributed by atoms with van der Waals surface area (Å²) < 4.78 is 10.6. The van der Waals surface area contributed by atoms with Crippen LogP contribution >= 0.6 is 0 Å². The van der Waals surface area contributed by atoms with E-state index in [1.54, 1.807) is 25.2 Å². The van der Waals surface area contributed by atoms with Gasteiger partial charge in [-0.3, -0.25) is 4.79 Å². The Morgan fingerprint density at radius 3 is 2.50 bits per heavy atom. The van der Waals surface area contributed by atoms with E-state index in [9.17, 15) is 4.79 Å². The molecular weight excluding hydrogens is 330 g/mol. The van der Waals surface area contributed by atoms with Gasteiger partial charge in [-0.2, -0.15) is 0 Å². The largest absolute Gasteiger partial charge is 1.00 e. The standard InChI is InChI=1S/C17H17N3O3.ClH/c1-22-13-8-9-14(15(10-13)23-2)19-17-18-11-16(21)20(17)12-6-4-3-5-7-12;/h3-10H,11H2,1-2H3,(H,18,19);1H/p-1. The summed E-state index contributed by atoms with van der Waals surface area (Å²) in [5.41, 5.74) is 1.48. The first-order valence-electron chi connectivity index (χ1n) is 7.14. The van der Waals surface area contributed by atoms with Gasteiger partial charge in [0.05, 0.1) is 25.6 Å².